The summed E-state index contributed by atoms with van der Waals surface area (Å²) in [5, 5.41) is 6.01. The highest BCUT2D eigenvalue weighted by Gasteiger charge is 2.12. The van der Waals surface area contributed by atoms with Crippen LogP contribution in [0.2, 0.25) is 0 Å². The van der Waals surface area contributed by atoms with Crippen LogP contribution in [-0.4, -0.2) is 5.91 Å². The summed E-state index contributed by atoms with van der Waals surface area (Å²) in [6.45, 7) is 0. The molecule has 0 unspecified atom stereocenters. The fraction of sp³-hybridized carbons (Fsp3) is 0.0833. The van der Waals surface area contributed by atoms with Crippen molar-refractivity contribution < 1.29 is 13.6 Å². The molecule has 0 fully saturated rings. The molecular weight excluding hydrogens is 258 g/mol. The van der Waals surface area contributed by atoms with Gasteiger partial charge in [0.15, 0.2) is 5.82 Å². The molecule has 1 amide bonds. The molecule has 2 rings (SSSR count). The Morgan fingerprint density at radius 2 is 2.17 bits per heavy atom. The number of hydrogen-bond acceptors (Lipinski definition) is 3. The van der Waals surface area contributed by atoms with Crippen LogP contribution in [0, 0.1) is 11.6 Å². The first-order valence-corrected chi connectivity index (χ1v) is 6.06. The molecule has 0 aliphatic rings. The predicted molar refractivity (Wildman–Crippen MR) is 67.4 cm³/mol. The van der Waals surface area contributed by atoms with E-state index in [9.17, 15) is 13.6 Å². The number of nitrogens with one attached hydrogen (secondary N) is 1. The molecule has 1 aromatic carbocycles. The number of amides is 1. The molecule has 0 aliphatic carbocycles. The Kier molecular flexibility index (Phi) is 3.57. The first-order valence-electron chi connectivity index (χ1n) is 5.11. The predicted octanol–water partition coefficient (Wildman–Crippen LogP) is 2.79. The van der Waals surface area contributed by atoms with Gasteiger partial charge in [-0.2, -0.15) is 11.3 Å². The summed E-state index contributed by atoms with van der Waals surface area (Å²) in [6.07, 6.45) is 0.125. The molecule has 6 heteroatoms. The number of carbonyl (C=O) groups excluding carboxylic acids is 1. The average Bonchev–Trinajstić information content (AvgIpc) is 2.76. The normalized spacial score (nSPS) is 10.3. The zero-order valence-electron chi connectivity index (χ0n) is 9.24. The molecule has 0 bridgehead atoms. The van der Waals surface area contributed by atoms with Crippen molar-refractivity contribution in [1.82, 2.24) is 0 Å². The van der Waals surface area contributed by atoms with Gasteiger partial charge in [-0.15, -0.1) is 0 Å². The van der Waals surface area contributed by atoms with E-state index in [1.54, 1.807) is 6.07 Å². The van der Waals surface area contributed by atoms with E-state index >= 15 is 0 Å². The average molecular weight is 268 g/mol. The zero-order valence-corrected chi connectivity index (χ0v) is 10.1. The van der Waals surface area contributed by atoms with E-state index in [4.69, 9.17) is 5.73 Å². The molecule has 0 saturated heterocycles. The Labute approximate surface area is 106 Å². The lowest BCUT2D eigenvalue weighted by atomic mass is 10.2. The fourth-order valence-electron chi connectivity index (χ4n) is 1.49. The molecule has 18 heavy (non-hydrogen) atoms. The van der Waals surface area contributed by atoms with Gasteiger partial charge in [0.25, 0.3) is 0 Å². The summed E-state index contributed by atoms with van der Waals surface area (Å²) in [4.78, 5) is 11.6. The van der Waals surface area contributed by atoms with Crippen LogP contribution in [0.4, 0.5) is 20.2 Å². The van der Waals surface area contributed by atoms with Crippen LogP contribution in [-0.2, 0) is 11.2 Å². The number of anilines is 2. The van der Waals surface area contributed by atoms with Gasteiger partial charge in [-0.1, -0.05) is 0 Å². The van der Waals surface area contributed by atoms with Crippen molar-refractivity contribution in [3.8, 4) is 0 Å². The number of benzene rings is 1. The van der Waals surface area contributed by atoms with Gasteiger partial charge < -0.3 is 11.1 Å². The molecule has 0 spiro atoms. The van der Waals surface area contributed by atoms with Crippen LogP contribution in [0.25, 0.3) is 0 Å². The Hall–Kier alpha value is -1.95. The minimum absolute atomic E-state index is 0.125. The van der Waals surface area contributed by atoms with Crippen LogP contribution in [0.5, 0.6) is 0 Å². The zero-order chi connectivity index (χ0) is 13.1. The highest BCUT2D eigenvalue weighted by molar-refractivity contribution is 7.08. The lowest BCUT2D eigenvalue weighted by Gasteiger charge is -2.09. The molecule has 94 valence electrons. The van der Waals surface area contributed by atoms with Crippen LogP contribution in [0.3, 0.4) is 0 Å². The molecule has 3 N–H and O–H groups in total. The maximum Gasteiger partial charge on any atom is 0.228 e. The van der Waals surface area contributed by atoms with Gasteiger partial charge >= 0.3 is 0 Å². The van der Waals surface area contributed by atoms with Crippen molar-refractivity contribution in [1.29, 1.82) is 0 Å². The largest absolute Gasteiger partial charge is 0.397 e. The van der Waals surface area contributed by atoms with E-state index in [2.05, 4.69) is 5.32 Å². The monoisotopic (exact) mass is 268 g/mol. The smallest absolute Gasteiger partial charge is 0.228 e. The number of hydrogen-bond donors (Lipinski definition) is 2. The lowest BCUT2D eigenvalue weighted by Crippen LogP contribution is -2.16. The van der Waals surface area contributed by atoms with Crippen molar-refractivity contribution in [2.24, 2.45) is 0 Å². The number of nitrogen functional groups attached to an aromatic ring is 1. The summed E-state index contributed by atoms with van der Waals surface area (Å²) in [6, 6.07) is 3.44. The van der Waals surface area contributed by atoms with Gasteiger partial charge in [0.1, 0.15) is 11.5 Å². The summed E-state index contributed by atoms with van der Waals surface area (Å²) >= 11 is 1.47. The Morgan fingerprint density at radius 1 is 1.39 bits per heavy atom. The van der Waals surface area contributed by atoms with Gasteiger partial charge in [0.05, 0.1) is 12.1 Å². The maximum absolute atomic E-state index is 13.4. The summed E-state index contributed by atoms with van der Waals surface area (Å²) < 4.78 is 26.2. The SMILES string of the molecule is Nc1cc(F)cc(F)c1NC(=O)Cc1ccsc1. The minimum atomic E-state index is -0.883. The number of rotatable bonds is 3. The van der Waals surface area contributed by atoms with Gasteiger partial charge in [-0.05, 0) is 28.5 Å². The quantitative estimate of drug-likeness (QED) is 0.841. The second-order valence-corrected chi connectivity index (χ2v) is 4.49. The number of nitrogens with two attached hydrogens (primary N) is 1. The van der Waals surface area contributed by atoms with Crippen molar-refractivity contribution in [3.05, 3.63) is 46.2 Å². The highest BCUT2D eigenvalue weighted by Crippen LogP contribution is 2.24. The number of carbonyl (C=O) groups is 1. The first-order chi connectivity index (χ1) is 8.56. The van der Waals surface area contributed by atoms with E-state index < -0.39 is 17.5 Å². The van der Waals surface area contributed by atoms with Gasteiger partial charge in [0.2, 0.25) is 5.91 Å². The van der Waals surface area contributed by atoms with Gasteiger partial charge in [0, 0.05) is 6.07 Å². The van der Waals surface area contributed by atoms with Gasteiger partial charge in [-0.3, -0.25) is 4.79 Å². The van der Waals surface area contributed by atoms with E-state index in [1.807, 2.05) is 10.8 Å². The Balaban J connectivity index is 2.12. The summed E-state index contributed by atoms with van der Waals surface area (Å²) in [5.41, 5.74) is 5.97. The van der Waals surface area contributed by atoms with Crippen molar-refractivity contribution in [2.75, 3.05) is 11.1 Å². The first kappa shape index (κ1) is 12.5. The van der Waals surface area contributed by atoms with E-state index in [1.165, 1.54) is 11.3 Å². The van der Waals surface area contributed by atoms with Crippen LogP contribution in [0.15, 0.2) is 29.0 Å². The Morgan fingerprint density at radius 3 is 2.78 bits per heavy atom. The van der Waals surface area contributed by atoms with E-state index in [-0.39, 0.29) is 17.8 Å². The topological polar surface area (TPSA) is 55.1 Å². The molecule has 2 aromatic rings. The molecular formula is C12H10F2N2OS. The fourth-order valence-corrected chi connectivity index (χ4v) is 2.16. The van der Waals surface area contributed by atoms with Gasteiger partial charge in [-0.25, -0.2) is 8.78 Å². The molecule has 0 aliphatic heterocycles. The van der Waals surface area contributed by atoms with Crippen LogP contribution in [0.1, 0.15) is 5.56 Å². The molecule has 0 saturated carbocycles. The molecule has 1 heterocycles. The highest BCUT2D eigenvalue weighted by atomic mass is 32.1. The molecule has 0 radical (unpaired) electrons. The third-order valence-electron chi connectivity index (χ3n) is 2.29. The standard InChI is InChI=1S/C12H10F2N2OS/c13-8-4-9(14)12(10(15)5-8)16-11(17)3-7-1-2-18-6-7/h1-2,4-6H,3,15H2,(H,16,17). The Bertz CT molecular complexity index is 546. The van der Waals surface area contributed by atoms with E-state index in [0.29, 0.717) is 6.07 Å². The number of thiophene rings is 1. The third-order valence-corrected chi connectivity index (χ3v) is 3.03. The van der Waals surface area contributed by atoms with Crippen molar-refractivity contribution in [3.63, 3.8) is 0 Å². The second-order valence-electron chi connectivity index (χ2n) is 3.71. The molecule has 3 nitrogen and oxygen atoms in total. The van der Waals surface area contributed by atoms with E-state index in [0.717, 1.165) is 11.6 Å². The summed E-state index contributed by atoms with van der Waals surface area (Å²) in [7, 11) is 0. The van der Waals surface area contributed by atoms with Crippen molar-refractivity contribution in [2.45, 2.75) is 6.42 Å². The minimum Gasteiger partial charge on any atom is -0.397 e. The summed E-state index contributed by atoms with van der Waals surface area (Å²) in [5.74, 6) is -2.06. The molecule has 0 atom stereocenters. The lowest BCUT2D eigenvalue weighted by molar-refractivity contribution is -0.115. The van der Waals surface area contributed by atoms with Crippen LogP contribution < -0.4 is 11.1 Å². The van der Waals surface area contributed by atoms with Crippen LogP contribution >= 0.6 is 11.3 Å². The maximum atomic E-state index is 13.4. The third kappa shape index (κ3) is 2.84. The van der Waals surface area contributed by atoms with Crippen molar-refractivity contribution >= 4 is 28.6 Å². The molecule has 1 aromatic heterocycles. The number of halogens is 2. The second kappa shape index (κ2) is 5.14.